The zero-order valence-electron chi connectivity index (χ0n) is 10.3. The van der Waals surface area contributed by atoms with Crippen LogP contribution in [-0.2, 0) is 4.74 Å². The predicted molar refractivity (Wildman–Crippen MR) is 61.6 cm³/mol. The molecule has 3 N–H and O–H groups in total. The van der Waals surface area contributed by atoms with Crippen LogP contribution in [-0.4, -0.2) is 30.5 Å². The Kier molecular flexibility index (Phi) is 4.15. The fourth-order valence-corrected chi connectivity index (χ4v) is 2.72. The number of aliphatic hydroxyl groups is 1. The van der Waals surface area contributed by atoms with E-state index in [9.17, 15) is 0 Å². The van der Waals surface area contributed by atoms with E-state index in [2.05, 4.69) is 20.8 Å². The maximum absolute atomic E-state index is 8.86. The largest absolute Gasteiger partial charge is 0.394 e. The van der Waals surface area contributed by atoms with Gasteiger partial charge in [0.1, 0.15) is 0 Å². The third-order valence-corrected chi connectivity index (χ3v) is 3.76. The molecule has 2 unspecified atom stereocenters. The van der Waals surface area contributed by atoms with E-state index in [1.165, 1.54) is 6.42 Å². The molecule has 0 amide bonds. The Labute approximate surface area is 93.0 Å². The van der Waals surface area contributed by atoms with Gasteiger partial charge in [-0.1, -0.05) is 20.8 Å². The lowest BCUT2D eigenvalue weighted by atomic mass is 9.65. The summed E-state index contributed by atoms with van der Waals surface area (Å²) in [6.07, 6.45) is 3.39. The van der Waals surface area contributed by atoms with Crippen LogP contribution in [0.15, 0.2) is 0 Å². The lowest BCUT2D eigenvalue weighted by Crippen LogP contribution is -2.52. The summed E-state index contributed by atoms with van der Waals surface area (Å²) in [6.45, 7) is 7.78. The van der Waals surface area contributed by atoms with Crippen LogP contribution in [0.25, 0.3) is 0 Å². The lowest BCUT2D eigenvalue weighted by Gasteiger charge is -2.48. The maximum atomic E-state index is 8.86. The van der Waals surface area contributed by atoms with Gasteiger partial charge in [-0.05, 0) is 30.6 Å². The summed E-state index contributed by atoms with van der Waals surface area (Å²) < 4.78 is 5.84. The first-order chi connectivity index (χ1) is 6.96. The van der Waals surface area contributed by atoms with Gasteiger partial charge in [0.15, 0.2) is 0 Å². The van der Waals surface area contributed by atoms with Gasteiger partial charge >= 0.3 is 0 Å². The van der Waals surface area contributed by atoms with E-state index in [4.69, 9.17) is 15.6 Å². The van der Waals surface area contributed by atoms with Crippen LogP contribution in [0.3, 0.4) is 0 Å². The van der Waals surface area contributed by atoms with Crippen LogP contribution >= 0.6 is 0 Å². The van der Waals surface area contributed by atoms with Gasteiger partial charge < -0.3 is 15.6 Å². The lowest BCUT2D eigenvalue weighted by molar-refractivity contribution is -0.130. The molecule has 15 heavy (non-hydrogen) atoms. The SMILES string of the molecule is CC1CCC(C)(C)CC1(CN)OCCO. The van der Waals surface area contributed by atoms with Crippen molar-refractivity contribution in [3.05, 3.63) is 0 Å². The van der Waals surface area contributed by atoms with Gasteiger partial charge in [0.2, 0.25) is 0 Å². The number of ether oxygens (including phenoxy) is 1. The van der Waals surface area contributed by atoms with Crippen molar-refractivity contribution in [2.24, 2.45) is 17.1 Å². The first-order valence-electron chi connectivity index (χ1n) is 5.91. The van der Waals surface area contributed by atoms with E-state index in [0.29, 0.717) is 24.5 Å². The fraction of sp³-hybridized carbons (Fsp3) is 1.00. The molecule has 0 bridgehead atoms. The molecule has 0 aromatic carbocycles. The van der Waals surface area contributed by atoms with Crippen molar-refractivity contribution in [3.63, 3.8) is 0 Å². The van der Waals surface area contributed by atoms with Crippen molar-refractivity contribution in [1.29, 1.82) is 0 Å². The Morgan fingerprint density at radius 3 is 2.67 bits per heavy atom. The number of nitrogens with two attached hydrogens (primary N) is 1. The molecule has 0 aliphatic heterocycles. The summed E-state index contributed by atoms with van der Waals surface area (Å²) in [5.74, 6) is 0.488. The van der Waals surface area contributed by atoms with Gasteiger partial charge in [-0.3, -0.25) is 0 Å². The van der Waals surface area contributed by atoms with Crippen LogP contribution < -0.4 is 5.73 Å². The summed E-state index contributed by atoms with van der Waals surface area (Å²) in [5.41, 5.74) is 5.97. The number of hydrogen-bond donors (Lipinski definition) is 2. The molecular weight excluding hydrogens is 190 g/mol. The van der Waals surface area contributed by atoms with Crippen LogP contribution in [0.4, 0.5) is 0 Å². The Morgan fingerprint density at radius 2 is 2.13 bits per heavy atom. The molecule has 1 saturated carbocycles. The van der Waals surface area contributed by atoms with Crippen molar-refractivity contribution in [2.75, 3.05) is 19.8 Å². The van der Waals surface area contributed by atoms with Gasteiger partial charge in [-0.2, -0.15) is 0 Å². The van der Waals surface area contributed by atoms with Gasteiger partial charge in [0, 0.05) is 6.54 Å². The van der Waals surface area contributed by atoms with E-state index in [0.717, 1.165) is 12.8 Å². The van der Waals surface area contributed by atoms with Gasteiger partial charge in [-0.25, -0.2) is 0 Å². The molecular formula is C12H25NO2. The zero-order chi connectivity index (χ0) is 11.5. The highest BCUT2D eigenvalue weighted by molar-refractivity contribution is 4.96. The van der Waals surface area contributed by atoms with Gasteiger partial charge in [-0.15, -0.1) is 0 Å². The highest BCUT2D eigenvalue weighted by Gasteiger charge is 2.44. The molecule has 3 nitrogen and oxygen atoms in total. The third-order valence-electron chi connectivity index (χ3n) is 3.76. The monoisotopic (exact) mass is 215 g/mol. The minimum absolute atomic E-state index is 0.0783. The first-order valence-corrected chi connectivity index (χ1v) is 5.91. The summed E-state index contributed by atoms with van der Waals surface area (Å²) in [6, 6.07) is 0. The van der Waals surface area contributed by atoms with E-state index >= 15 is 0 Å². The van der Waals surface area contributed by atoms with Crippen LogP contribution in [0.2, 0.25) is 0 Å². The molecule has 1 aliphatic rings. The predicted octanol–water partition coefficient (Wildman–Crippen LogP) is 1.54. The van der Waals surface area contributed by atoms with E-state index < -0.39 is 0 Å². The maximum Gasteiger partial charge on any atom is 0.0835 e. The summed E-state index contributed by atoms with van der Waals surface area (Å²) >= 11 is 0. The molecule has 1 fully saturated rings. The Bertz CT molecular complexity index is 206. The standard InChI is InChI=1S/C12H25NO2/c1-10-4-5-11(2,3)8-12(10,9-13)15-7-6-14/h10,14H,4-9,13H2,1-3H3. The molecule has 3 heteroatoms. The second-order valence-electron chi connectivity index (χ2n) is 5.62. The molecule has 0 saturated heterocycles. The normalized spacial score (nSPS) is 35.4. The van der Waals surface area contributed by atoms with Crippen molar-refractivity contribution in [3.8, 4) is 0 Å². The van der Waals surface area contributed by atoms with Crippen LogP contribution in [0, 0.1) is 11.3 Å². The van der Waals surface area contributed by atoms with Gasteiger partial charge in [0.05, 0.1) is 18.8 Å². The Morgan fingerprint density at radius 1 is 1.47 bits per heavy atom. The minimum atomic E-state index is -0.218. The summed E-state index contributed by atoms with van der Waals surface area (Å²) in [7, 11) is 0. The zero-order valence-corrected chi connectivity index (χ0v) is 10.3. The quantitative estimate of drug-likeness (QED) is 0.748. The first kappa shape index (κ1) is 12.9. The van der Waals surface area contributed by atoms with Crippen molar-refractivity contribution in [2.45, 2.75) is 45.6 Å². The van der Waals surface area contributed by atoms with Crippen molar-refractivity contribution < 1.29 is 9.84 Å². The van der Waals surface area contributed by atoms with E-state index in [1.54, 1.807) is 0 Å². The molecule has 90 valence electrons. The number of hydrogen-bond acceptors (Lipinski definition) is 3. The molecule has 0 heterocycles. The second-order valence-corrected chi connectivity index (χ2v) is 5.62. The number of aliphatic hydroxyl groups excluding tert-OH is 1. The molecule has 0 aromatic rings. The van der Waals surface area contributed by atoms with Crippen LogP contribution in [0.5, 0.6) is 0 Å². The van der Waals surface area contributed by atoms with Crippen molar-refractivity contribution >= 4 is 0 Å². The molecule has 1 rings (SSSR count). The van der Waals surface area contributed by atoms with E-state index in [-0.39, 0.29) is 12.2 Å². The highest BCUT2D eigenvalue weighted by Crippen LogP contribution is 2.45. The molecule has 2 atom stereocenters. The highest BCUT2D eigenvalue weighted by atomic mass is 16.5. The Balaban J connectivity index is 2.73. The molecule has 0 spiro atoms. The topological polar surface area (TPSA) is 55.5 Å². The third kappa shape index (κ3) is 2.92. The second kappa shape index (κ2) is 4.81. The summed E-state index contributed by atoms with van der Waals surface area (Å²) in [4.78, 5) is 0. The molecule has 1 aliphatic carbocycles. The average Bonchev–Trinajstić information content (AvgIpc) is 2.19. The smallest absolute Gasteiger partial charge is 0.0835 e. The average molecular weight is 215 g/mol. The number of rotatable bonds is 4. The van der Waals surface area contributed by atoms with E-state index in [1.807, 2.05) is 0 Å². The Hall–Kier alpha value is -0.120. The van der Waals surface area contributed by atoms with Crippen molar-refractivity contribution in [1.82, 2.24) is 0 Å². The summed E-state index contributed by atoms with van der Waals surface area (Å²) in [5, 5.41) is 8.86. The van der Waals surface area contributed by atoms with Crippen LogP contribution in [0.1, 0.15) is 40.0 Å². The molecule has 0 radical (unpaired) electrons. The van der Waals surface area contributed by atoms with Gasteiger partial charge in [0.25, 0.3) is 0 Å². The molecule has 0 aromatic heterocycles. The minimum Gasteiger partial charge on any atom is -0.394 e. The fourth-order valence-electron chi connectivity index (χ4n) is 2.72.